The topological polar surface area (TPSA) is 58.6 Å². The summed E-state index contributed by atoms with van der Waals surface area (Å²) in [7, 11) is 1.58. The van der Waals surface area contributed by atoms with Gasteiger partial charge in [-0.25, -0.2) is 0 Å². The molecule has 2 N–H and O–H groups in total. The minimum absolute atomic E-state index is 0.268. The first kappa shape index (κ1) is 14.1. The van der Waals surface area contributed by atoms with E-state index < -0.39 is 12.0 Å². The molecule has 4 nitrogen and oxygen atoms in total. The molecule has 0 aliphatic rings. The molecule has 0 aromatic heterocycles. The normalized spacial score (nSPS) is 12.9. The molecule has 1 aromatic carbocycles. The van der Waals surface area contributed by atoms with E-state index in [1.165, 1.54) is 0 Å². The van der Waals surface area contributed by atoms with Crippen LogP contribution in [0, 0.1) is 17.8 Å². The summed E-state index contributed by atoms with van der Waals surface area (Å²) in [4.78, 5) is 11.8. The van der Waals surface area contributed by atoms with Crippen molar-refractivity contribution in [3.05, 3.63) is 24.3 Å². The molecule has 0 fully saturated rings. The number of benzene rings is 1. The maximum atomic E-state index is 11.8. The number of amides is 1. The minimum Gasteiger partial charge on any atom is -0.497 e. The van der Waals surface area contributed by atoms with Crippen molar-refractivity contribution < 1.29 is 14.6 Å². The highest BCUT2D eigenvalue weighted by Crippen LogP contribution is 2.16. The minimum atomic E-state index is -0.951. The second-order valence-corrected chi connectivity index (χ2v) is 3.85. The lowest BCUT2D eigenvalue weighted by atomic mass is 10.0. The van der Waals surface area contributed by atoms with Crippen LogP contribution < -0.4 is 10.1 Å². The average Bonchev–Trinajstić information content (AvgIpc) is 2.39. The van der Waals surface area contributed by atoms with E-state index in [-0.39, 0.29) is 5.91 Å². The standard InChI is InChI=1S/C14H17NO3/c1-4-5-13(16)10(2)14(17)15-11-6-8-12(18-3)9-7-11/h6-10,13,16H,1-3H3,(H,15,17)/t10-,13-/m0/s1. The van der Waals surface area contributed by atoms with Crippen LogP contribution in [0.1, 0.15) is 13.8 Å². The van der Waals surface area contributed by atoms with E-state index in [1.807, 2.05) is 0 Å². The lowest BCUT2D eigenvalue weighted by Gasteiger charge is -2.14. The Bertz CT molecular complexity index is 456. The number of methoxy groups -OCH3 is 1. The molecular formula is C14H17NO3. The highest BCUT2D eigenvalue weighted by molar-refractivity contribution is 5.93. The molecule has 0 unspecified atom stereocenters. The lowest BCUT2D eigenvalue weighted by Crippen LogP contribution is -2.29. The molecule has 0 radical (unpaired) electrons. The fraction of sp³-hybridized carbons (Fsp3) is 0.357. The second-order valence-electron chi connectivity index (χ2n) is 3.85. The van der Waals surface area contributed by atoms with Gasteiger partial charge in [-0.1, -0.05) is 12.8 Å². The van der Waals surface area contributed by atoms with Gasteiger partial charge in [-0.15, -0.1) is 5.92 Å². The number of aliphatic hydroxyl groups excluding tert-OH is 1. The van der Waals surface area contributed by atoms with Crippen LogP contribution in [0.15, 0.2) is 24.3 Å². The van der Waals surface area contributed by atoms with Gasteiger partial charge >= 0.3 is 0 Å². The lowest BCUT2D eigenvalue weighted by molar-refractivity contribution is -0.121. The number of rotatable bonds is 4. The Kier molecular flexibility index (Phi) is 5.22. The molecule has 0 bridgehead atoms. The van der Waals surface area contributed by atoms with Crippen LogP contribution in [0.25, 0.3) is 0 Å². The van der Waals surface area contributed by atoms with Crippen molar-refractivity contribution in [1.29, 1.82) is 0 Å². The predicted molar refractivity (Wildman–Crippen MR) is 70.2 cm³/mol. The monoisotopic (exact) mass is 247 g/mol. The Morgan fingerprint density at radius 1 is 1.39 bits per heavy atom. The number of ether oxygens (including phenoxy) is 1. The molecule has 1 aromatic rings. The molecule has 4 heteroatoms. The van der Waals surface area contributed by atoms with Crippen LogP contribution in [0.2, 0.25) is 0 Å². The molecule has 0 aliphatic heterocycles. The summed E-state index contributed by atoms with van der Waals surface area (Å²) in [5.74, 6) is 5.01. The summed E-state index contributed by atoms with van der Waals surface area (Å²) in [6, 6.07) is 6.98. The summed E-state index contributed by atoms with van der Waals surface area (Å²) in [5.41, 5.74) is 0.657. The molecule has 0 saturated carbocycles. The van der Waals surface area contributed by atoms with Gasteiger partial charge in [0.2, 0.25) is 5.91 Å². The van der Waals surface area contributed by atoms with Crippen molar-refractivity contribution in [2.75, 3.05) is 12.4 Å². The first-order valence-electron chi connectivity index (χ1n) is 5.63. The largest absolute Gasteiger partial charge is 0.497 e. The third-order valence-corrected chi connectivity index (χ3v) is 2.54. The van der Waals surface area contributed by atoms with Crippen LogP contribution in [0.5, 0.6) is 5.75 Å². The van der Waals surface area contributed by atoms with Crippen molar-refractivity contribution in [3.8, 4) is 17.6 Å². The van der Waals surface area contributed by atoms with E-state index >= 15 is 0 Å². The zero-order chi connectivity index (χ0) is 13.5. The SMILES string of the molecule is CC#C[C@H](O)[C@H](C)C(=O)Nc1ccc(OC)cc1. The van der Waals surface area contributed by atoms with Gasteiger partial charge in [-0.2, -0.15) is 0 Å². The smallest absolute Gasteiger partial charge is 0.230 e. The molecule has 1 amide bonds. The van der Waals surface area contributed by atoms with Gasteiger partial charge in [-0.3, -0.25) is 4.79 Å². The first-order valence-corrected chi connectivity index (χ1v) is 5.63. The van der Waals surface area contributed by atoms with E-state index in [0.717, 1.165) is 5.75 Å². The molecule has 18 heavy (non-hydrogen) atoms. The molecule has 0 aliphatic carbocycles. The fourth-order valence-corrected chi connectivity index (χ4v) is 1.35. The number of carbonyl (C=O) groups excluding carboxylic acids is 1. The number of hydrogen-bond acceptors (Lipinski definition) is 3. The number of hydrogen-bond donors (Lipinski definition) is 2. The zero-order valence-corrected chi connectivity index (χ0v) is 10.7. The Hall–Kier alpha value is -1.99. The van der Waals surface area contributed by atoms with Gasteiger partial charge in [0.1, 0.15) is 11.9 Å². The average molecular weight is 247 g/mol. The quantitative estimate of drug-likeness (QED) is 0.795. The summed E-state index contributed by atoms with van der Waals surface area (Å²) < 4.78 is 5.02. The van der Waals surface area contributed by atoms with E-state index in [9.17, 15) is 9.90 Å². The maximum absolute atomic E-state index is 11.8. The summed E-state index contributed by atoms with van der Waals surface area (Å²) in [6.07, 6.45) is -0.951. The van der Waals surface area contributed by atoms with Gasteiger partial charge in [0.15, 0.2) is 0 Å². The molecule has 2 atom stereocenters. The Labute approximate surface area is 107 Å². The molecule has 0 saturated heterocycles. The second kappa shape index (κ2) is 6.67. The molecule has 96 valence electrons. The highest BCUT2D eigenvalue weighted by atomic mass is 16.5. The summed E-state index contributed by atoms with van der Waals surface area (Å²) in [6.45, 7) is 3.26. The number of carbonyl (C=O) groups is 1. The van der Waals surface area contributed by atoms with Crippen LogP contribution in [0.4, 0.5) is 5.69 Å². The number of aliphatic hydroxyl groups is 1. The molecule has 0 heterocycles. The number of anilines is 1. The van der Waals surface area contributed by atoms with E-state index in [1.54, 1.807) is 45.2 Å². The van der Waals surface area contributed by atoms with Gasteiger partial charge < -0.3 is 15.2 Å². The predicted octanol–water partition coefficient (Wildman–Crippen LogP) is 1.65. The van der Waals surface area contributed by atoms with Crippen LogP contribution in [-0.2, 0) is 4.79 Å². The first-order chi connectivity index (χ1) is 8.58. The van der Waals surface area contributed by atoms with Crippen molar-refractivity contribution >= 4 is 11.6 Å². The number of nitrogens with one attached hydrogen (secondary N) is 1. The summed E-state index contributed by atoms with van der Waals surface area (Å²) >= 11 is 0. The molecule has 0 spiro atoms. The van der Waals surface area contributed by atoms with Gasteiger partial charge in [-0.05, 0) is 31.2 Å². The Morgan fingerprint density at radius 2 is 2.00 bits per heavy atom. The Morgan fingerprint density at radius 3 is 2.50 bits per heavy atom. The zero-order valence-electron chi connectivity index (χ0n) is 10.7. The van der Waals surface area contributed by atoms with Gasteiger partial charge in [0, 0.05) is 5.69 Å². The van der Waals surface area contributed by atoms with Crippen molar-refractivity contribution in [2.24, 2.45) is 5.92 Å². The van der Waals surface area contributed by atoms with Crippen LogP contribution in [0.3, 0.4) is 0 Å². The third kappa shape index (κ3) is 3.79. The van der Waals surface area contributed by atoms with Crippen LogP contribution >= 0.6 is 0 Å². The Balaban J connectivity index is 2.65. The van der Waals surface area contributed by atoms with Gasteiger partial charge in [0.05, 0.1) is 13.0 Å². The highest BCUT2D eigenvalue weighted by Gasteiger charge is 2.20. The maximum Gasteiger partial charge on any atom is 0.230 e. The summed E-state index contributed by atoms with van der Waals surface area (Å²) in [5, 5.41) is 12.3. The fourth-order valence-electron chi connectivity index (χ4n) is 1.35. The van der Waals surface area contributed by atoms with Crippen molar-refractivity contribution in [3.63, 3.8) is 0 Å². The van der Waals surface area contributed by atoms with E-state index in [2.05, 4.69) is 17.2 Å². The molecule has 1 rings (SSSR count). The van der Waals surface area contributed by atoms with E-state index in [4.69, 9.17) is 4.74 Å². The van der Waals surface area contributed by atoms with Crippen molar-refractivity contribution in [1.82, 2.24) is 0 Å². The van der Waals surface area contributed by atoms with E-state index in [0.29, 0.717) is 5.69 Å². The van der Waals surface area contributed by atoms with Crippen LogP contribution in [-0.4, -0.2) is 24.2 Å². The van der Waals surface area contributed by atoms with Gasteiger partial charge in [0.25, 0.3) is 0 Å². The molecular weight excluding hydrogens is 230 g/mol. The third-order valence-electron chi connectivity index (χ3n) is 2.54. The van der Waals surface area contributed by atoms with Crippen molar-refractivity contribution in [2.45, 2.75) is 20.0 Å².